The minimum Gasteiger partial charge on any atom is -0.480 e. The highest BCUT2D eigenvalue weighted by Gasteiger charge is 2.63. The van der Waals surface area contributed by atoms with Gasteiger partial charge in [0.05, 0.1) is 12.2 Å². The van der Waals surface area contributed by atoms with Crippen molar-refractivity contribution in [1.82, 2.24) is 5.32 Å². The van der Waals surface area contributed by atoms with E-state index >= 15 is 0 Å². The maximum Gasteiger partial charge on any atom is 0.327 e. The molecule has 188 valence electrons. The molecule has 0 aliphatic heterocycles. The van der Waals surface area contributed by atoms with Crippen LogP contribution in [0.2, 0.25) is 0 Å². The van der Waals surface area contributed by atoms with E-state index in [-0.39, 0.29) is 28.8 Å². The van der Waals surface area contributed by atoms with Gasteiger partial charge in [-0.15, -0.1) is 0 Å². The molecule has 0 bridgehead atoms. The van der Waals surface area contributed by atoms with Gasteiger partial charge in [-0.1, -0.05) is 45.1 Å². The highest BCUT2D eigenvalue weighted by atomic mass is 32.2. The Bertz CT molecular complexity index is 783. The average molecular weight is 484 g/mol. The summed E-state index contributed by atoms with van der Waals surface area (Å²) in [6.45, 7) is 13.4. The summed E-state index contributed by atoms with van der Waals surface area (Å²) in [7, 11) is 0. The van der Waals surface area contributed by atoms with Crippen LogP contribution in [0.4, 0.5) is 0 Å². The molecule has 8 heteroatoms. The number of carboxylic acids is 1. The zero-order valence-corrected chi connectivity index (χ0v) is 21.3. The summed E-state index contributed by atoms with van der Waals surface area (Å²) in [5.74, 6) is -1.61. The molecular formula is C25H41NO6S. The molecule has 0 heterocycles. The summed E-state index contributed by atoms with van der Waals surface area (Å²) < 4.78 is 0. The number of hydrogen-bond acceptors (Lipinski definition) is 6. The molecule has 7 nitrogen and oxygen atoms in total. The lowest BCUT2D eigenvalue weighted by Gasteiger charge is -2.63. The number of thioether (sulfide) groups is 1. The normalized spacial score (nSPS) is 37.0. The Hall–Kier alpha value is -1.35. The lowest BCUT2D eigenvalue weighted by Crippen LogP contribution is -2.67. The first-order chi connectivity index (χ1) is 15.2. The first-order valence-corrected chi connectivity index (χ1v) is 12.8. The number of nitrogens with one attached hydrogen (secondary N) is 1. The molecule has 0 radical (unpaired) electrons. The first-order valence-electron chi connectivity index (χ1n) is 11.6. The van der Waals surface area contributed by atoms with E-state index < -0.39 is 41.1 Å². The van der Waals surface area contributed by atoms with Crippen LogP contribution in [0.25, 0.3) is 0 Å². The van der Waals surface area contributed by atoms with Crippen LogP contribution in [0.1, 0.15) is 60.3 Å². The summed E-state index contributed by atoms with van der Waals surface area (Å²) in [6, 6.07) is -1.07. The van der Waals surface area contributed by atoms with Gasteiger partial charge in [0.15, 0.2) is 0 Å². The third kappa shape index (κ3) is 6.02. The average Bonchev–Trinajstić information content (AvgIpc) is 2.67. The quantitative estimate of drug-likeness (QED) is 0.319. The molecule has 2 aliphatic carbocycles. The highest BCUT2D eigenvalue weighted by molar-refractivity contribution is 7.99. The Labute approximate surface area is 201 Å². The van der Waals surface area contributed by atoms with Gasteiger partial charge in [0.2, 0.25) is 5.91 Å². The van der Waals surface area contributed by atoms with Crippen LogP contribution in [0, 0.1) is 22.7 Å². The second-order valence-corrected chi connectivity index (χ2v) is 11.9. The van der Waals surface area contributed by atoms with Gasteiger partial charge in [0.1, 0.15) is 11.6 Å². The lowest BCUT2D eigenvalue weighted by molar-refractivity contribution is -0.228. The van der Waals surface area contributed by atoms with Gasteiger partial charge in [-0.25, -0.2) is 4.79 Å². The van der Waals surface area contributed by atoms with Crippen molar-refractivity contribution in [2.45, 2.75) is 84.2 Å². The minimum absolute atomic E-state index is 0.0758. The van der Waals surface area contributed by atoms with E-state index in [2.05, 4.69) is 32.7 Å². The largest absolute Gasteiger partial charge is 0.480 e. The number of allylic oxidation sites excluding steroid dienone is 3. The molecule has 0 unspecified atom stereocenters. The van der Waals surface area contributed by atoms with Crippen LogP contribution in [0.5, 0.6) is 0 Å². The van der Waals surface area contributed by atoms with Crippen molar-refractivity contribution in [3.8, 4) is 0 Å². The predicted octanol–water partition coefficient (Wildman–Crippen LogP) is 2.75. The van der Waals surface area contributed by atoms with E-state index in [1.165, 1.54) is 18.7 Å². The summed E-state index contributed by atoms with van der Waals surface area (Å²) in [4.78, 5) is 22.8. The van der Waals surface area contributed by atoms with Gasteiger partial charge < -0.3 is 25.7 Å². The lowest BCUT2D eigenvalue weighted by atomic mass is 9.44. The number of rotatable bonds is 9. The van der Waals surface area contributed by atoms with Crippen LogP contribution in [0.3, 0.4) is 0 Å². The maximum absolute atomic E-state index is 11.9. The minimum atomic E-state index is -1.47. The number of carbonyl (C=O) groups is 2. The predicted molar refractivity (Wildman–Crippen MR) is 131 cm³/mol. The fourth-order valence-corrected chi connectivity index (χ4v) is 7.69. The third-order valence-corrected chi connectivity index (χ3v) is 9.14. The van der Waals surface area contributed by atoms with Crippen molar-refractivity contribution in [3.63, 3.8) is 0 Å². The van der Waals surface area contributed by atoms with Crippen molar-refractivity contribution in [1.29, 1.82) is 0 Å². The third-order valence-electron chi connectivity index (χ3n) is 7.90. The van der Waals surface area contributed by atoms with Crippen LogP contribution in [-0.2, 0) is 9.59 Å². The van der Waals surface area contributed by atoms with Crippen molar-refractivity contribution in [2.24, 2.45) is 22.7 Å². The van der Waals surface area contributed by atoms with E-state index in [0.717, 1.165) is 5.57 Å². The molecule has 0 aromatic rings. The first kappa shape index (κ1) is 27.9. The number of carboxylic acid groups (broad SMARTS) is 1. The van der Waals surface area contributed by atoms with Crippen molar-refractivity contribution < 1.29 is 30.0 Å². The summed E-state index contributed by atoms with van der Waals surface area (Å²) in [6.07, 6.45) is 4.41. The molecule has 0 aromatic heterocycles. The van der Waals surface area contributed by atoms with Crippen molar-refractivity contribution >= 4 is 23.6 Å². The maximum atomic E-state index is 11.9. The van der Waals surface area contributed by atoms with Gasteiger partial charge in [0.25, 0.3) is 0 Å². The summed E-state index contributed by atoms with van der Waals surface area (Å²) in [5, 5.41) is 45.7. The Morgan fingerprint density at radius 3 is 2.39 bits per heavy atom. The van der Waals surface area contributed by atoms with Crippen LogP contribution in [0.15, 0.2) is 24.3 Å². The monoisotopic (exact) mass is 483 g/mol. The van der Waals surface area contributed by atoms with E-state index in [9.17, 15) is 30.0 Å². The molecule has 2 aliphatic rings. The fraction of sp³-hybridized carbons (Fsp3) is 0.760. The fourth-order valence-electron chi connectivity index (χ4n) is 6.39. The molecule has 7 atom stereocenters. The number of carbonyl (C=O) groups excluding carboxylic acids is 1. The SMILES string of the molecule is C=C/C(C)=C/C[C@@H]1[C@@]2(C)C[C@H](O)CC(C)(C)[C@@H]2C[C@H](O)[C@@]1(O)CSC[C@@H](NC(C)=O)C(=O)O. The Morgan fingerprint density at radius 2 is 1.85 bits per heavy atom. The van der Waals surface area contributed by atoms with Crippen molar-refractivity contribution in [2.75, 3.05) is 11.5 Å². The van der Waals surface area contributed by atoms with Crippen LogP contribution >= 0.6 is 11.8 Å². The Morgan fingerprint density at radius 1 is 1.21 bits per heavy atom. The molecule has 33 heavy (non-hydrogen) atoms. The summed E-state index contributed by atoms with van der Waals surface area (Å²) in [5.41, 5.74) is -1.12. The van der Waals surface area contributed by atoms with Gasteiger partial charge in [0, 0.05) is 24.3 Å². The van der Waals surface area contributed by atoms with E-state index in [1.54, 1.807) is 6.08 Å². The van der Waals surface area contributed by atoms with Gasteiger partial charge in [-0.05, 0) is 49.4 Å². The Kier molecular flexibility index (Phi) is 8.88. The topological polar surface area (TPSA) is 127 Å². The second-order valence-electron chi connectivity index (χ2n) is 10.9. The molecule has 2 rings (SSSR count). The second kappa shape index (κ2) is 10.5. The number of aliphatic hydroxyl groups is 3. The molecule has 5 N–H and O–H groups in total. The van der Waals surface area contributed by atoms with E-state index in [4.69, 9.17) is 0 Å². The molecule has 0 saturated heterocycles. The van der Waals surface area contributed by atoms with E-state index in [1.807, 2.05) is 13.0 Å². The molecule has 0 spiro atoms. The number of aliphatic hydroxyl groups excluding tert-OH is 2. The number of fused-ring (bicyclic) bond motifs is 1. The number of amides is 1. The molecule has 0 aromatic carbocycles. The molecule has 1 amide bonds. The number of aliphatic carboxylic acids is 1. The van der Waals surface area contributed by atoms with Crippen LogP contribution in [-0.4, -0.2) is 67.7 Å². The van der Waals surface area contributed by atoms with Crippen molar-refractivity contribution in [3.05, 3.63) is 24.3 Å². The smallest absolute Gasteiger partial charge is 0.327 e. The van der Waals surface area contributed by atoms with Gasteiger partial charge in [-0.3, -0.25) is 4.79 Å². The van der Waals surface area contributed by atoms with Gasteiger partial charge in [-0.2, -0.15) is 11.8 Å². The number of hydrogen-bond donors (Lipinski definition) is 5. The zero-order valence-electron chi connectivity index (χ0n) is 20.5. The molecule has 2 fully saturated rings. The van der Waals surface area contributed by atoms with E-state index in [0.29, 0.717) is 25.7 Å². The zero-order chi connectivity index (χ0) is 25.2. The van der Waals surface area contributed by atoms with Crippen LogP contribution < -0.4 is 5.32 Å². The Balaban J connectivity index is 2.38. The molecule has 2 saturated carbocycles. The summed E-state index contributed by atoms with van der Waals surface area (Å²) >= 11 is 1.21. The molecular weight excluding hydrogens is 442 g/mol. The van der Waals surface area contributed by atoms with Gasteiger partial charge >= 0.3 is 5.97 Å². The standard InChI is InChI=1S/C25H41NO6S/c1-7-15(2)8-9-19-24(6)12-17(28)11-23(4,5)20(24)10-21(29)25(19,32)14-33-13-18(22(30)31)26-16(3)27/h7-8,17-21,28-29,32H,1,9-14H2,2-6H3,(H,26,27)(H,30,31)/b15-8+/t17-,18-,19-,20+,21+,24-,25-/m1/s1. The highest BCUT2D eigenvalue weighted by Crippen LogP contribution is 2.63.